The highest BCUT2D eigenvalue weighted by Gasteiger charge is 2.26. The fraction of sp³-hybridized carbons (Fsp3) is 0.389. The molecule has 1 fully saturated rings. The molecule has 0 saturated carbocycles. The van der Waals surface area contributed by atoms with E-state index in [0.29, 0.717) is 42.4 Å². The van der Waals surface area contributed by atoms with E-state index in [1.54, 1.807) is 24.1 Å². The van der Waals surface area contributed by atoms with Crippen molar-refractivity contribution < 1.29 is 19.1 Å². The molecule has 0 aliphatic carbocycles. The fourth-order valence-corrected chi connectivity index (χ4v) is 2.75. The summed E-state index contributed by atoms with van der Waals surface area (Å²) < 4.78 is 10.9. The van der Waals surface area contributed by atoms with Crippen molar-refractivity contribution in [3.63, 3.8) is 0 Å². The molecule has 0 radical (unpaired) electrons. The Morgan fingerprint density at radius 3 is 2.96 bits per heavy atom. The second-order valence-corrected chi connectivity index (χ2v) is 6.15. The van der Waals surface area contributed by atoms with Crippen LogP contribution < -0.4 is 14.8 Å². The van der Waals surface area contributed by atoms with Crippen molar-refractivity contribution in [3.05, 3.63) is 41.7 Å². The number of nitrogens with zero attached hydrogens (tertiary/aromatic N) is 2. The zero-order valence-electron chi connectivity index (χ0n) is 14.8. The lowest BCUT2D eigenvalue weighted by atomic mass is 10.2. The van der Waals surface area contributed by atoms with Crippen molar-refractivity contribution in [1.82, 2.24) is 20.4 Å². The van der Waals surface area contributed by atoms with E-state index in [2.05, 4.69) is 15.5 Å². The van der Waals surface area contributed by atoms with Crippen LogP contribution in [0.4, 0.5) is 0 Å². The molecular formula is C18H22N4O4. The van der Waals surface area contributed by atoms with Gasteiger partial charge in [-0.15, -0.1) is 0 Å². The van der Waals surface area contributed by atoms with Crippen LogP contribution in [-0.4, -0.2) is 53.2 Å². The first kappa shape index (κ1) is 17.8. The summed E-state index contributed by atoms with van der Waals surface area (Å²) in [7, 11) is 1.60. The number of amides is 2. The van der Waals surface area contributed by atoms with Crippen molar-refractivity contribution in [3.8, 4) is 11.5 Å². The molecule has 2 N–H and O–H groups in total. The maximum atomic E-state index is 12.7. The first-order valence-electron chi connectivity index (χ1n) is 8.45. The summed E-state index contributed by atoms with van der Waals surface area (Å²) in [6.07, 6.45) is 0.298. The number of methoxy groups -OCH3 is 1. The van der Waals surface area contributed by atoms with Crippen LogP contribution in [0.1, 0.15) is 29.5 Å². The summed E-state index contributed by atoms with van der Waals surface area (Å²) in [6.45, 7) is 2.99. The van der Waals surface area contributed by atoms with Crippen molar-refractivity contribution in [2.45, 2.75) is 26.0 Å². The highest BCUT2D eigenvalue weighted by molar-refractivity contribution is 5.93. The normalized spacial score (nSPS) is 17.4. The maximum absolute atomic E-state index is 12.7. The molecule has 3 rings (SSSR count). The largest absolute Gasteiger partial charge is 0.497 e. The minimum atomic E-state index is -0.196. The summed E-state index contributed by atoms with van der Waals surface area (Å²) in [5.41, 5.74) is 1.00. The maximum Gasteiger partial charge on any atom is 0.274 e. The second-order valence-electron chi connectivity index (χ2n) is 6.15. The minimum absolute atomic E-state index is 0.0402. The van der Waals surface area contributed by atoms with Gasteiger partial charge in [0.15, 0.2) is 5.69 Å². The number of ether oxygens (including phenoxy) is 2. The van der Waals surface area contributed by atoms with Crippen LogP contribution in [-0.2, 0) is 11.4 Å². The smallest absolute Gasteiger partial charge is 0.274 e. The molecule has 1 aliphatic heterocycles. The lowest BCUT2D eigenvalue weighted by Gasteiger charge is -2.25. The van der Waals surface area contributed by atoms with Crippen LogP contribution in [0.2, 0.25) is 0 Å². The Morgan fingerprint density at radius 1 is 1.35 bits per heavy atom. The van der Waals surface area contributed by atoms with Gasteiger partial charge in [0.2, 0.25) is 5.91 Å². The summed E-state index contributed by atoms with van der Waals surface area (Å²) in [5.74, 6) is 1.14. The molecule has 26 heavy (non-hydrogen) atoms. The van der Waals surface area contributed by atoms with Gasteiger partial charge in [-0.1, -0.05) is 6.07 Å². The molecule has 2 heterocycles. The van der Waals surface area contributed by atoms with E-state index in [1.807, 2.05) is 25.1 Å². The van der Waals surface area contributed by atoms with Gasteiger partial charge in [-0.3, -0.25) is 14.7 Å². The highest BCUT2D eigenvalue weighted by atomic mass is 16.5. The highest BCUT2D eigenvalue weighted by Crippen LogP contribution is 2.20. The zero-order chi connectivity index (χ0) is 18.5. The van der Waals surface area contributed by atoms with Gasteiger partial charge < -0.3 is 19.7 Å². The predicted molar refractivity (Wildman–Crippen MR) is 94.0 cm³/mol. The number of carbonyl (C=O) groups excluding carboxylic acids is 2. The Bertz CT molecular complexity index is 789. The third-order valence-corrected chi connectivity index (χ3v) is 4.25. The third kappa shape index (κ3) is 4.14. The number of H-pyrrole nitrogens is 1. The molecule has 1 aromatic carbocycles. The van der Waals surface area contributed by atoms with E-state index < -0.39 is 0 Å². The van der Waals surface area contributed by atoms with E-state index in [-0.39, 0.29) is 24.5 Å². The molecule has 8 nitrogen and oxygen atoms in total. The fourth-order valence-electron chi connectivity index (χ4n) is 2.75. The monoisotopic (exact) mass is 358 g/mol. The van der Waals surface area contributed by atoms with Crippen LogP contribution in [0.25, 0.3) is 0 Å². The van der Waals surface area contributed by atoms with Gasteiger partial charge in [-0.05, 0) is 25.1 Å². The topological polar surface area (TPSA) is 96.6 Å². The third-order valence-electron chi connectivity index (χ3n) is 4.25. The number of benzene rings is 1. The minimum Gasteiger partial charge on any atom is -0.497 e. The first-order chi connectivity index (χ1) is 12.6. The van der Waals surface area contributed by atoms with Crippen LogP contribution in [0.3, 0.4) is 0 Å². The van der Waals surface area contributed by atoms with Gasteiger partial charge in [-0.25, -0.2) is 0 Å². The van der Waals surface area contributed by atoms with E-state index in [4.69, 9.17) is 9.47 Å². The number of aromatic amines is 1. The van der Waals surface area contributed by atoms with Gasteiger partial charge in [0.25, 0.3) is 5.91 Å². The number of aromatic nitrogens is 2. The summed E-state index contributed by atoms with van der Waals surface area (Å²) in [6, 6.07) is 8.88. The van der Waals surface area contributed by atoms with Crippen molar-refractivity contribution in [2.24, 2.45) is 0 Å². The van der Waals surface area contributed by atoms with E-state index in [0.717, 1.165) is 0 Å². The molecule has 1 saturated heterocycles. The van der Waals surface area contributed by atoms with Gasteiger partial charge in [0, 0.05) is 31.6 Å². The average molecular weight is 358 g/mol. The van der Waals surface area contributed by atoms with Crippen LogP contribution in [0, 0.1) is 0 Å². The Morgan fingerprint density at radius 2 is 2.15 bits per heavy atom. The number of hydrogen-bond acceptors (Lipinski definition) is 5. The second kappa shape index (κ2) is 7.90. The average Bonchev–Trinajstić information content (AvgIpc) is 3.07. The van der Waals surface area contributed by atoms with Gasteiger partial charge in [0.1, 0.15) is 18.1 Å². The van der Waals surface area contributed by atoms with Gasteiger partial charge in [-0.2, -0.15) is 5.10 Å². The molecular weight excluding hydrogens is 336 g/mol. The van der Waals surface area contributed by atoms with E-state index in [9.17, 15) is 9.59 Å². The van der Waals surface area contributed by atoms with Gasteiger partial charge in [0.05, 0.1) is 12.8 Å². The molecule has 0 unspecified atom stereocenters. The lowest BCUT2D eigenvalue weighted by Crippen LogP contribution is -2.42. The summed E-state index contributed by atoms with van der Waals surface area (Å²) in [5, 5.41) is 9.72. The number of rotatable bonds is 5. The SMILES string of the molecule is COc1cccc(OCc2cc(C(=O)N3CCC(=O)NC[C@@H]3C)n[nH]2)c1. The van der Waals surface area contributed by atoms with Crippen LogP contribution in [0.5, 0.6) is 11.5 Å². The van der Waals surface area contributed by atoms with Crippen molar-refractivity contribution in [2.75, 3.05) is 20.2 Å². The quantitative estimate of drug-likeness (QED) is 0.841. The standard InChI is InChI=1S/C18H22N4O4/c1-12-10-19-17(23)6-7-22(12)18(24)16-8-13(20-21-16)11-26-15-5-3-4-14(9-15)25-2/h3-5,8-9,12H,6-7,10-11H2,1-2H3,(H,19,23)(H,20,21)/t12-/m0/s1. The molecule has 1 atom stereocenters. The molecule has 8 heteroatoms. The van der Waals surface area contributed by atoms with E-state index >= 15 is 0 Å². The van der Waals surface area contributed by atoms with Crippen molar-refractivity contribution in [1.29, 1.82) is 0 Å². The summed E-state index contributed by atoms with van der Waals surface area (Å²) in [4.78, 5) is 25.9. The molecule has 1 aliphatic rings. The number of nitrogens with one attached hydrogen (secondary N) is 2. The predicted octanol–water partition coefficient (Wildman–Crippen LogP) is 1.35. The van der Waals surface area contributed by atoms with Crippen LogP contribution >= 0.6 is 0 Å². The Balaban J connectivity index is 1.63. The molecule has 138 valence electrons. The van der Waals surface area contributed by atoms with E-state index in [1.165, 1.54) is 0 Å². The summed E-state index contributed by atoms with van der Waals surface area (Å²) >= 11 is 0. The molecule has 0 bridgehead atoms. The van der Waals surface area contributed by atoms with Crippen molar-refractivity contribution >= 4 is 11.8 Å². The van der Waals surface area contributed by atoms with Crippen LogP contribution in [0.15, 0.2) is 30.3 Å². The molecule has 0 spiro atoms. The Labute approximate surface area is 151 Å². The Hall–Kier alpha value is -3.03. The Kier molecular flexibility index (Phi) is 5.40. The zero-order valence-corrected chi connectivity index (χ0v) is 14.8. The number of carbonyl (C=O) groups is 2. The molecule has 2 aromatic rings. The first-order valence-corrected chi connectivity index (χ1v) is 8.45. The molecule has 2 amide bonds. The lowest BCUT2D eigenvalue weighted by molar-refractivity contribution is -0.120. The molecule has 1 aromatic heterocycles. The van der Waals surface area contributed by atoms with Gasteiger partial charge >= 0.3 is 0 Å². The number of hydrogen-bond donors (Lipinski definition) is 2.